The highest BCUT2D eigenvalue weighted by molar-refractivity contribution is 9.10. The number of rotatable bonds is 1. The van der Waals surface area contributed by atoms with Crippen LogP contribution >= 0.6 is 27.5 Å². The zero-order chi connectivity index (χ0) is 9.97. The van der Waals surface area contributed by atoms with Gasteiger partial charge in [-0.1, -0.05) is 11.6 Å². The van der Waals surface area contributed by atoms with Crippen molar-refractivity contribution in [3.63, 3.8) is 0 Å². The van der Waals surface area contributed by atoms with E-state index in [1.165, 1.54) is 0 Å². The molecule has 0 saturated heterocycles. The molecule has 0 aromatic carbocycles. The Balaban J connectivity index is 2.49. The Morgan fingerprint density at radius 1 is 1.14 bits per heavy atom. The molecule has 2 aromatic heterocycles. The first-order chi connectivity index (χ1) is 6.75. The summed E-state index contributed by atoms with van der Waals surface area (Å²) < 4.78 is 0.947. The van der Waals surface area contributed by atoms with Crippen molar-refractivity contribution in [3.8, 4) is 11.1 Å². The first-order valence-corrected chi connectivity index (χ1v) is 5.15. The molecule has 0 radical (unpaired) electrons. The molecule has 0 aliphatic heterocycles. The van der Waals surface area contributed by atoms with Crippen molar-refractivity contribution in [2.45, 2.75) is 0 Å². The predicted octanol–water partition coefficient (Wildman–Crippen LogP) is 3.56. The molecule has 70 valence electrons. The Labute approximate surface area is 95.1 Å². The van der Waals surface area contributed by atoms with Crippen LogP contribution in [0.15, 0.2) is 41.3 Å². The molecule has 0 amide bonds. The minimum atomic E-state index is 0.488. The van der Waals surface area contributed by atoms with E-state index in [1.807, 2.05) is 18.2 Å². The van der Waals surface area contributed by atoms with Gasteiger partial charge in [0.15, 0.2) is 0 Å². The maximum atomic E-state index is 5.79. The number of pyridine rings is 2. The molecule has 0 aliphatic rings. The van der Waals surface area contributed by atoms with Gasteiger partial charge in [-0.05, 0) is 39.7 Å². The Morgan fingerprint density at radius 3 is 2.71 bits per heavy atom. The van der Waals surface area contributed by atoms with Gasteiger partial charge in [0.2, 0.25) is 0 Å². The molecule has 0 saturated carbocycles. The summed E-state index contributed by atoms with van der Waals surface area (Å²) in [5.74, 6) is 0. The molecule has 0 aliphatic carbocycles. The van der Waals surface area contributed by atoms with E-state index in [0.29, 0.717) is 5.15 Å². The minimum absolute atomic E-state index is 0.488. The molecule has 2 nitrogen and oxygen atoms in total. The lowest BCUT2D eigenvalue weighted by molar-refractivity contribution is 1.29. The second kappa shape index (κ2) is 4.07. The molecule has 2 rings (SSSR count). The molecule has 0 atom stereocenters. The summed E-state index contributed by atoms with van der Waals surface area (Å²) in [6.45, 7) is 0. The zero-order valence-electron chi connectivity index (χ0n) is 7.11. The summed E-state index contributed by atoms with van der Waals surface area (Å²) >= 11 is 9.16. The van der Waals surface area contributed by atoms with Gasteiger partial charge in [-0.15, -0.1) is 0 Å². The van der Waals surface area contributed by atoms with E-state index in [9.17, 15) is 0 Å². The minimum Gasteiger partial charge on any atom is -0.263 e. The van der Waals surface area contributed by atoms with E-state index in [4.69, 9.17) is 11.6 Å². The van der Waals surface area contributed by atoms with E-state index in [0.717, 1.165) is 15.6 Å². The Morgan fingerprint density at radius 2 is 2.00 bits per heavy atom. The quantitative estimate of drug-likeness (QED) is 0.740. The first kappa shape index (κ1) is 9.62. The standard InChI is InChI=1S/C10H6BrClN2/c11-9-3-8(5-13-6-9)7-1-2-14-10(12)4-7/h1-6H. The van der Waals surface area contributed by atoms with Crippen LogP contribution in [-0.4, -0.2) is 9.97 Å². The van der Waals surface area contributed by atoms with Crippen LogP contribution in [0, 0.1) is 0 Å². The lowest BCUT2D eigenvalue weighted by Gasteiger charge is -2.01. The highest BCUT2D eigenvalue weighted by atomic mass is 79.9. The Hall–Kier alpha value is -0.930. The summed E-state index contributed by atoms with van der Waals surface area (Å²) in [6.07, 6.45) is 5.21. The van der Waals surface area contributed by atoms with Crippen molar-refractivity contribution in [2.75, 3.05) is 0 Å². The predicted molar refractivity (Wildman–Crippen MR) is 60.2 cm³/mol. The smallest absolute Gasteiger partial charge is 0.129 e. The van der Waals surface area contributed by atoms with Gasteiger partial charge in [0, 0.05) is 28.6 Å². The van der Waals surface area contributed by atoms with Crippen molar-refractivity contribution in [3.05, 3.63) is 46.4 Å². The fourth-order valence-corrected chi connectivity index (χ4v) is 1.69. The van der Waals surface area contributed by atoms with E-state index in [1.54, 1.807) is 18.6 Å². The average molecular weight is 270 g/mol. The van der Waals surface area contributed by atoms with Gasteiger partial charge in [-0.2, -0.15) is 0 Å². The van der Waals surface area contributed by atoms with Gasteiger partial charge in [0.1, 0.15) is 5.15 Å². The van der Waals surface area contributed by atoms with Gasteiger partial charge in [-0.25, -0.2) is 4.98 Å². The van der Waals surface area contributed by atoms with Crippen molar-refractivity contribution in [2.24, 2.45) is 0 Å². The van der Waals surface area contributed by atoms with Crippen molar-refractivity contribution < 1.29 is 0 Å². The lowest BCUT2D eigenvalue weighted by atomic mass is 10.1. The number of hydrogen-bond acceptors (Lipinski definition) is 2. The third-order valence-electron chi connectivity index (χ3n) is 1.76. The molecule has 0 spiro atoms. The molecule has 2 heterocycles. The van der Waals surface area contributed by atoms with E-state index in [-0.39, 0.29) is 0 Å². The van der Waals surface area contributed by atoms with E-state index >= 15 is 0 Å². The third-order valence-corrected chi connectivity index (χ3v) is 2.41. The topological polar surface area (TPSA) is 25.8 Å². The SMILES string of the molecule is Clc1cc(-c2cncc(Br)c2)ccn1. The van der Waals surface area contributed by atoms with Gasteiger partial charge in [0.05, 0.1) is 0 Å². The number of halogens is 2. The highest BCUT2D eigenvalue weighted by Gasteiger charge is 1.99. The maximum Gasteiger partial charge on any atom is 0.129 e. The lowest BCUT2D eigenvalue weighted by Crippen LogP contribution is -1.81. The van der Waals surface area contributed by atoms with Crippen molar-refractivity contribution >= 4 is 27.5 Å². The number of hydrogen-bond donors (Lipinski definition) is 0. The van der Waals surface area contributed by atoms with Gasteiger partial charge in [0.25, 0.3) is 0 Å². The second-order valence-electron chi connectivity index (χ2n) is 2.76. The zero-order valence-corrected chi connectivity index (χ0v) is 9.46. The number of aromatic nitrogens is 2. The summed E-state index contributed by atoms with van der Waals surface area (Å²) in [4.78, 5) is 8.00. The molecule has 2 aromatic rings. The normalized spacial score (nSPS) is 10.1. The average Bonchev–Trinajstić information content (AvgIpc) is 2.18. The van der Waals surface area contributed by atoms with Crippen LogP contribution < -0.4 is 0 Å². The van der Waals surface area contributed by atoms with Crippen LogP contribution in [0.3, 0.4) is 0 Å². The summed E-state index contributed by atoms with van der Waals surface area (Å²) in [5.41, 5.74) is 2.03. The highest BCUT2D eigenvalue weighted by Crippen LogP contribution is 2.22. The number of nitrogens with zero attached hydrogens (tertiary/aromatic N) is 2. The summed E-state index contributed by atoms with van der Waals surface area (Å²) in [6, 6.07) is 5.69. The Bertz CT molecular complexity index is 416. The fourth-order valence-electron chi connectivity index (χ4n) is 1.15. The molecule has 0 N–H and O–H groups in total. The summed E-state index contributed by atoms with van der Waals surface area (Å²) in [5, 5.41) is 0.488. The first-order valence-electron chi connectivity index (χ1n) is 3.98. The third kappa shape index (κ3) is 2.11. The van der Waals surface area contributed by atoms with Crippen molar-refractivity contribution in [1.82, 2.24) is 9.97 Å². The van der Waals surface area contributed by atoms with Crippen LogP contribution in [0.5, 0.6) is 0 Å². The molecule has 0 fully saturated rings. The van der Waals surface area contributed by atoms with Crippen LogP contribution in [0.25, 0.3) is 11.1 Å². The molecule has 4 heteroatoms. The van der Waals surface area contributed by atoms with Crippen molar-refractivity contribution in [1.29, 1.82) is 0 Å². The molecule has 0 unspecified atom stereocenters. The molecule has 14 heavy (non-hydrogen) atoms. The summed E-state index contributed by atoms with van der Waals surface area (Å²) in [7, 11) is 0. The van der Waals surface area contributed by atoms with Gasteiger partial charge in [-0.3, -0.25) is 4.98 Å². The van der Waals surface area contributed by atoms with Crippen LogP contribution in [-0.2, 0) is 0 Å². The maximum absolute atomic E-state index is 5.79. The van der Waals surface area contributed by atoms with Gasteiger partial charge < -0.3 is 0 Å². The monoisotopic (exact) mass is 268 g/mol. The van der Waals surface area contributed by atoms with Crippen LogP contribution in [0.1, 0.15) is 0 Å². The van der Waals surface area contributed by atoms with Crippen LogP contribution in [0.2, 0.25) is 5.15 Å². The van der Waals surface area contributed by atoms with Gasteiger partial charge >= 0.3 is 0 Å². The fraction of sp³-hybridized carbons (Fsp3) is 0. The second-order valence-corrected chi connectivity index (χ2v) is 4.06. The van der Waals surface area contributed by atoms with E-state index in [2.05, 4.69) is 25.9 Å². The molecular weight excluding hydrogens is 263 g/mol. The van der Waals surface area contributed by atoms with Crippen LogP contribution in [0.4, 0.5) is 0 Å². The Kier molecular flexibility index (Phi) is 2.79. The van der Waals surface area contributed by atoms with E-state index < -0.39 is 0 Å². The molecule has 0 bridgehead atoms. The largest absolute Gasteiger partial charge is 0.263 e. The molecular formula is C10H6BrClN2.